The lowest BCUT2D eigenvalue weighted by Gasteiger charge is -2.34. The first-order valence-electron chi connectivity index (χ1n) is 9.70. The van der Waals surface area contributed by atoms with Crippen molar-refractivity contribution in [2.75, 3.05) is 30.5 Å². The number of piperidine rings is 1. The van der Waals surface area contributed by atoms with Gasteiger partial charge in [-0.2, -0.15) is 13.2 Å². The van der Waals surface area contributed by atoms with Gasteiger partial charge in [0.1, 0.15) is 6.54 Å². The summed E-state index contributed by atoms with van der Waals surface area (Å²) in [5.41, 5.74) is -1.09. The number of aliphatic hydroxyl groups excluding tert-OH is 1. The van der Waals surface area contributed by atoms with Gasteiger partial charge in [0.25, 0.3) is 0 Å². The smallest absolute Gasteiger partial charge is 0.396 e. The van der Waals surface area contributed by atoms with Crippen LogP contribution >= 0.6 is 11.6 Å². The molecule has 2 aromatic rings. The van der Waals surface area contributed by atoms with Crippen molar-refractivity contribution >= 4 is 34.2 Å². The number of rotatable bonds is 6. The molecule has 5 nitrogen and oxygen atoms in total. The predicted octanol–water partition coefficient (Wildman–Crippen LogP) is 4.12. The first-order valence-corrected chi connectivity index (χ1v) is 11.2. The number of amides is 1. The van der Waals surface area contributed by atoms with Crippen LogP contribution in [0.3, 0.4) is 0 Å². The molecule has 1 heterocycles. The Morgan fingerprint density at radius 2 is 1.94 bits per heavy atom. The number of aliphatic hydroxyl groups is 1. The van der Waals surface area contributed by atoms with Crippen LogP contribution in [-0.4, -0.2) is 46.4 Å². The van der Waals surface area contributed by atoms with Crippen LogP contribution in [0, 0.1) is 5.92 Å². The van der Waals surface area contributed by atoms with E-state index in [1.807, 2.05) is 0 Å². The van der Waals surface area contributed by atoms with E-state index in [1.54, 1.807) is 35.2 Å². The molecule has 168 valence electrons. The molecule has 2 unspecified atom stereocenters. The molecule has 2 aromatic carbocycles. The van der Waals surface area contributed by atoms with E-state index in [0.29, 0.717) is 24.4 Å². The second-order valence-electron chi connectivity index (χ2n) is 7.29. The number of halogens is 4. The minimum atomic E-state index is -4.62. The molecule has 1 aliphatic heterocycles. The molecule has 0 saturated carbocycles. The Morgan fingerprint density at radius 1 is 1.23 bits per heavy atom. The lowest BCUT2D eigenvalue weighted by Crippen LogP contribution is -2.46. The normalized spacial score (nSPS) is 18.0. The SMILES string of the molecule is O=C(CN(c1cc(C(F)(F)F)ccc1Cl)S(=O)c1ccccc1)N1CCCC(CO)C1. The topological polar surface area (TPSA) is 60.9 Å². The third-order valence-electron chi connectivity index (χ3n) is 5.10. The number of carbonyl (C=O) groups is 1. The van der Waals surface area contributed by atoms with E-state index < -0.39 is 35.2 Å². The number of likely N-dealkylation sites (tertiary alicyclic amines) is 1. The molecular weight excluding hydrogens is 453 g/mol. The van der Waals surface area contributed by atoms with Crippen molar-refractivity contribution in [1.29, 1.82) is 0 Å². The highest BCUT2D eigenvalue weighted by Crippen LogP contribution is 2.36. The van der Waals surface area contributed by atoms with E-state index in [2.05, 4.69) is 0 Å². The van der Waals surface area contributed by atoms with Crippen molar-refractivity contribution in [2.45, 2.75) is 23.9 Å². The Balaban J connectivity index is 1.96. The standard InChI is InChI=1S/C21H22ClF3N2O3S/c22-18-9-8-16(21(23,24)25)11-19(18)27(31(30)17-6-2-1-3-7-17)13-20(29)26-10-4-5-15(12-26)14-28/h1-3,6-9,11,15,28H,4-5,10,12-14H2. The summed E-state index contributed by atoms with van der Waals surface area (Å²) in [6, 6.07) is 10.9. The first kappa shape index (κ1) is 23.6. The highest BCUT2D eigenvalue weighted by molar-refractivity contribution is 7.86. The summed E-state index contributed by atoms with van der Waals surface area (Å²) < 4.78 is 54.2. The van der Waals surface area contributed by atoms with Crippen molar-refractivity contribution in [3.63, 3.8) is 0 Å². The monoisotopic (exact) mass is 474 g/mol. The van der Waals surface area contributed by atoms with E-state index >= 15 is 0 Å². The van der Waals surface area contributed by atoms with Gasteiger partial charge in [-0.1, -0.05) is 29.8 Å². The fraction of sp³-hybridized carbons (Fsp3) is 0.381. The summed E-state index contributed by atoms with van der Waals surface area (Å²) in [6.45, 7) is 0.346. The van der Waals surface area contributed by atoms with E-state index in [1.165, 1.54) is 0 Å². The van der Waals surface area contributed by atoms with Gasteiger partial charge in [-0.3, -0.25) is 9.10 Å². The molecule has 1 N–H and O–H groups in total. The van der Waals surface area contributed by atoms with Crippen molar-refractivity contribution in [1.82, 2.24) is 4.90 Å². The number of alkyl halides is 3. The number of hydrogen-bond donors (Lipinski definition) is 1. The van der Waals surface area contributed by atoms with Gasteiger partial charge in [-0.05, 0) is 49.1 Å². The summed E-state index contributed by atoms with van der Waals surface area (Å²) in [6.07, 6.45) is -3.12. The summed E-state index contributed by atoms with van der Waals surface area (Å²) in [5.74, 6) is -0.446. The summed E-state index contributed by atoms with van der Waals surface area (Å²) in [4.78, 5) is 14.8. The van der Waals surface area contributed by atoms with Crippen LogP contribution in [0.5, 0.6) is 0 Å². The molecule has 31 heavy (non-hydrogen) atoms. The van der Waals surface area contributed by atoms with Crippen molar-refractivity contribution in [3.05, 3.63) is 59.1 Å². The second kappa shape index (κ2) is 10.0. The fourth-order valence-corrected chi connectivity index (χ4v) is 4.91. The molecule has 1 fully saturated rings. The highest BCUT2D eigenvalue weighted by atomic mass is 35.5. The van der Waals surface area contributed by atoms with E-state index in [9.17, 15) is 27.3 Å². The molecule has 1 amide bonds. The lowest BCUT2D eigenvalue weighted by atomic mass is 9.99. The van der Waals surface area contributed by atoms with Gasteiger partial charge < -0.3 is 10.0 Å². The van der Waals surface area contributed by atoms with Gasteiger partial charge in [0.05, 0.1) is 21.2 Å². The van der Waals surface area contributed by atoms with Crippen LogP contribution in [0.4, 0.5) is 18.9 Å². The van der Waals surface area contributed by atoms with Crippen molar-refractivity contribution < 1.29 is 27.3 Å². The number of hydrogen-bond acceptors (Lipinski definition) is 3. The zero-order chi connectivity index (χ0) is 22.6. The van der Waals surface area contributed by atoms with Crippen LogP contribution in [-0.2, 0) is 22.0 Å². The number of anilines is 1. The average molecular weight is 475 g/mol. The predicted molar refractivity (Wildman–Crippen MR) is 113 cm³/mol. The number of benzene rings is 2. The van der Waals surface area contributed by atoms with Gasteiger partial charge in [-0.25, -0.2) is 4.21 Å². The van der Waals surface area contributed by atoms with Gasteiger partial charge in [0.2, 0.25) is 5.91 Å². The molecule has 1 saturated heterocycles. The van der Waals surface area contributed by atoms with Crippen LogP contribution in [0.15, 0.2) is 53.4 Å². The van der Waals surface area contributed by atoms with Crippen molar-refractivity contribution in [3.8, 4) is 0 Å². The molecule has 3 rings (SSSR count). The second-order valence-corrected chi connectivity index (χ2v) is 9.11. The van der Waals surface area contributed by atoms with Gasteiger partial charge >= 0.3 is 6.18 Å². The van der Waals surface area contributed by atoms with E-state index in [4.69, 9.17) is 11.6 Å². The minimum absolute atomic E-state index is 0.0445. The van der Waals surface area contributed by atoms with Gasteiger partial charge in [-0.15, -0.1) is 0 Å². The molecular formula is C21H22ClF3N2O3S. The third kappa shape index (κ3) is 5.78. The van der Waals surface area contributed by atoms with Crippen LogP contribution in [0.25, 0.3) is 0 Å². The highest BCUT2D eigenvalue weighted by Gasteiger charge is 2.33. The number of carbonyl (C=O) groups excluding carboxylic acids is 1. The summed E-state index contributed by atoms with van der Waals surface area (Å²) in [7, 11) is -1.97. The maximum Gasteiger partial charge on any atom is 0.416 e. The van der Waals surface area contributed by atoms with Crippen LogP contribution < -0.4 is 4.31 Å². The number of nitrogens with zero attached hydrogens (tertiary/aromatic N) is 2. The Morgan fingerprint density at radius 3 is 2.58 bits per heavy atom. The third-order valence-corrected chi connectivity index (χ3v) is 6.82. The molecule has 0 aromatic heterocycles. The lowest BCUT2D eigenvalue weighted by molar-refractivity contribution is -0.137. The van der Waals surface area contributed by atoms with Gasteiger partial charge in [0, 0.05) is 19.7 Å². The Labute approximate surface area is 186 Å². The molecule has 2 atom stereocenters. The fourth-order valence-electron chi connectivity index (χ4n) is 3.44. The maximum atomic E-state index is 13.3. The van der Waals surface area contributed by atoms with Crippen LogP contribution in [0.1, 0.15) is 18.4 Å². The first-order chi connectivity index (χ1) is 14.7. The quantitative estimate of drug-likeness (QED) is 0.685. The molecule has 10 heteroatoms. The van der Waals surface area contributed by atoms with E-state index in [-0.39, 0.29) is 23.2 Å². The molecule has 0 spiro atoms. The maximum absolute atomic E-state index is 13.3. The van der Waals surface area contributed by atoms with Crippen LogP contribution in [0.2, 0.25) is 5.02 Å². The zero-order valence-electron chi connectivity index (χ0n) is 16.5. The molecule has 0 aliphatic carbocycles. The molecule has 1 aliphatic rings. The largest absolute Gasteiger partial charge is 0.416 e. The Hall–Kier alpha value is -2.10. The van der Waals surface area contributed by atoms with Crippen molar-refractivity contribution in [2.24, 2.45) is 5.92 Å². The average Bonchev–Trinajstić information content (AvgIpc) is 2.77. The summed E-state index contributed by atoms with van der Waals surface area (Å²) >= 11 is 6.19. The van der Waals surface area contributed by atoms with E-state index in [0.717, 1.165) is 28.9 Å². The minimum Gasteiger partial charge on any atom is -0.396 e. The molecule has 0 bridgehead atoms. The Kier molecular flexibility index (Phi) is 7.61. The zero-order valence-corrected chi connectivity index (χ0v) is 18.1. The molecule has 0 radical (unpaired) electrons. The van der Waals surface area contributed by atoms with Gasteiger partial charge in [0.15, 0.2) is 11.0 Å². The summed E-state index contributed by atoms with van der Waals surface area (Å²) in [5, 5.41) is 9.37. The Bertz CT molecular complexity index is 943.